The molecule has 0 radical (unpaired) electrons. The summed E-state index contributed by atoms with van der Waals surface area (Å²) >= 11 is 0. The number of fused-ring (bicyclic) bond motifs is 3. The molecule has 4 rings (SSSR count). The maximum absolute atomic E-state index is 12.9. The van der Waals surface area contributed by atoms with Gasteiger partial charge >= 0.3 is 5.69 Å². The molecule has 0 bridgehead atoms. The van der Waals surface area contributed by atoms with E-state index in [2.05, 4.69) is 16.2 Å². The lowest BCUT2D eigenvalue weighted by Gasteiger charge is -2.10. The maximum Gasteiger partial charge on any atom is 0.312 e. The lowest BCUT2D eigenvalue weighted by Crippen LogP contribution is -2.13. The van der Waals surface area contributed by atoms with Gasteiger partial charge in [-0.05, 0) is 43.3 Å². The number of para-hydroxylation sites is 1. The van der Waals surface area contributed by atoms with Crippen molar-refractivity contribution in [3.8, 4) is 5.75 Å². The second kappa shape index (κ2) is 7.34. The third kappa shape index (κ3) is 3.22. The van der Waals surface area contributed by atoms with Crippen molar-refractivity contribution in [3.05, 3.63) is 70.8 Å². The van der Waals surface area contributed by atoms with E-state index < -0.39 is 20.6 Å². The average molecular weight is 425 g/mol. The van der Waals surface area contributed by atoms with E-state index in [1.54, 1.807) is 12.1 Å². The molecule has 4 aromatic rings. The van der Waals surface area contributed by atoms with Gasteiger partial charge < -0.3 is 9.30 Å². The van der Waals surface area contributed by atoms with Gasteiger partial charge in [0, 0.05) is 40.1 Å². The highest BCUT2D eigenvalue weighted by Gasteiger charge is 2.22. The van der Waals surface area contributed by atoms with Crippen LogP contribution < -0.4 is 9.46 Å². The molecule has 30 heavy (non-hydrogen) atoms. The topological polar surface area (TPSA) is 103 Å². The molecule has 3 aromatic carbocycles. The molecule has 0 saturated carbocycles. The van der Waals surface area contributed by atoms with Gasteiger partial charge in [-0.25, -0.2) is 8.42 Å². The Balaban J connectivity index is 1.78. The second-order valence-electron chi connectivity index (χ2n) is 6.69. The van der Waals surface area contributed by atoms with Crippen molar-refractivity contribution in [2.45, 2.75) is 18.4 Å². The summed E-state index contributed by atoms with van der Waals surface area (Å²) in [7, 11) is -2.74. The molecular weight excluding hydrogens is 406 g/mol. The predicted molar refractivity (Wildman–Crippen MR) is 116 cm³/mol. The predicted octanol–water partition coefficient (Wildman–Crippen LogP) is 4.53. The van der Waals surface area contributed by atoms with E-state index in [-0.39, 0.29) is 10.6 Å². The third-order valence-electron chi connectivity index (χ3n) is 5.00. The van der Waals surface area contributed by atoms with Crippen molar-refractivity contribution in [2.24, 2.45) is 0 Å². The quantitative estimate of drug-likeness (QED) is 0.361. The number of aromatic nitrogens is 1. The lowest BCUT2D eigenvalue weighted by molar-refractivity contribution is -0.386. The Morgan fingerprint density at radius 3 is 2.47 bits per heavy atom. The number of hydrogen-bond acceptors (Lipinski definition) is 5. The van der Waals surface area contributed by atoms with E-state index >= 15 is 0 Å². The van der Waals surface area contributed by atoms with Gasteiger partial charge in [-0.1, -0.05) is 18.2 Å². The van der Waals surface area contributed by atoms with E-state index in [4.69, 9.17) is 4.74 Å². The molecule has 1 aromatic heterocycles. The highest BCUT2D eigenvalue weighted by Crippen LogP contribution is 2.33. The summed E-state index contributed by atoms with van der Waals surface area (Å²) in [5.74, 6) is -0.00672. The Labute approximate surface area is 172 Å². The highest BCUT2D eigenvalue weighted by atomic mass is 32.2. The number of hydrogen-bond donors (Lipinski definition) is 1. The Bertz CT molecular complexity index is 1390. The normalized spacial score (nSPS) is 11.7. The molecule has 0 amide bonds. The number of nitro groups is 1. The standard InChI is InChI=1S/C21H19N3O5S/c1-3-23-18-7-5-4-6-16(18)17-12-14(8-10-19(17)23)22-30(27,28)15-9-11-21(29-2)20(13-15)24(25)26/h4-13,22H,3H2,1-2H3. The molecule has 1 heterocycles. The first kappa shape index (κ1) is 19.7. The minimum atomic E-state index is -4.03. The molecule has 154 valence electrons. The molecule has 0 atom stereocenters. The molecule has 0 aliphatic heterocycles. The van der Waals surface area contributed by atoms with Crippen LogP contribution in [0.1, 0.15) is 6.92 Å². The highest BCUT2D eigenvalue weighted by molar-refractivity contribution is 7.92. The first-order valence-electron chi connectivity index (χ1n) is 9.22. The van der Waals surface area contributed by atoms with Crippen molar-refractivity contribution in [3.63, 3.8) is 0 Å². The molecule has 0 aliphatic carbocycles. The van der Waals surface area contributed by atoms with Crippen LogP contribution in [0.4, 0.5) is 11.4 Å². The van der Waals surface area contributed by atoms with Crippen LogP contribution in [0.2, 0.25) is 0 Å². The molecule has 0 unspecified atom stereocenters. The fourth-order valence-electron chi connectivity index (χ4n) is 3.65. The number of aryl methyl sites for hydroxylation is 1. The van der Waals surface area contributed by atoms with Gasteiger partial charge in [-0.3, -0.25) is 14.8 Å². The van der Waals surface area contributed by atoms with Crippen LogP contribution in [0.25, 0.3) is 21.8 Å². The minimum Gasteiger partial charge on any atom is -0.490 e. The van der Waals surface area contributed by atoms with Gasteiger partial charge in [-0.15, -0.1) is 0 Å². The number of sulfonamides is 1. The molecule has 1 N–H and O–H groups in total. The number of rotatable bonds is 6. The van der Waals surface area contributed by atoms with E-state index in [0.29, 0.717) is 5.69 Å². The Hall–Kier alpha value is -3.59. The molecule has 0 spiro atoms. The summed E-state index contributed by atoms with van der Waals surface area (Å²) < 4.78 is 35.3. The maximum atomic E-state index is 12.9. The van der Waals surface area contributed by atoms with Crippen LogP contribution >= 0.6 is 0 Å². The summed E-state index contributed by atoms with van der Waals surface area (Å²) in [6.45, 7) is 2.84. The van der Waals surface area contributed by atoms with Crippen molar-refractivity contribution < 1.29 is 18.1 Å². The summed E-state index contributed by atoms with van der Waals surface area (Å²) in [6.07, 6.45) is 0. The Morgan fingerprint density at radius 1 is 1.03 bits per heavy atom. The zero-order valence-electron chi connectivity index (χ0n) is 16.3. The number of methoxy groups -OCH3 is 1. The van der Waals surface area contributed by atoms with E-state index in [1.807, 2.05) is 30.3 Å². The third-order valence-corrected chi connectivity index (χ3v) is 6.38. The van der Waals surface area contributed by atoms with Gasteiger partial charge in [-0.2, -0.15) is 0 Å². The first-order valence-corrected chi connectivity index (χ1v) is 10.7. The van der Waals surface area contributed by atoms with Crippen LogP contribution in [-0.4, -0.2) is 25.0 Å². The molecule has 9 heteroatoms. The van der Waals surface area contributed by atoms with E-state index in [9.17, 15) is 18.5 Å². The fraction of sp³-hybridized carbons (Fsp3) is 0.143. The number of ether oxygens (including phenoxy) is 1. The van der Waals surface area contributed by atoms with Crippen LogP contribution in [-0.2, 0) is 16.6 Å². The molecule has 0 saturated heterocycles. The monoisotopic (exact) mass is 425 g/mol. The molecule has 8 nitrogen and oxygen atoms in total. The number of anilines is 1. The molecular formula is C21H19N3O5S. The fourth-order valence-corrected chi connectivity index (χ4v) is 4.72. The van der Waals surface area contributed by atoms with Crippen molar-refractivity contribution >= 4 is 43.2 Å². The summed E-state index contributed by atoms with van der Waals surface area (Å²) in [4.78, 5) is 10.3. The van der Waals surface area contributed by atoms with Crippen LogP contribution in [0, 0.1) is 10.1 Å². The summed E-state index contributed by atoms with van der Waals surface area (Å²) in [5.41, 5.74) is 2.03. The minimum absolute atomic E-state index is 0.00672. The zero-order valence-corrected chi connectivity index (χ0v) is 17.1. The number of nitrogens with zero attached hydrogens (tertiary/aromatic N) is 2. The van der Waals surface area contributed by atoms with Gasteiger partial charge in [0.25, 0.3) is 10.0 Å². The second-order valence-corrected chi connectivity index (χ2v) is 8.37. The summed E-state index contributed by atoms with van der Waals surface area (Å²) in [5, 5.41) is 13.2. The van der Waals surface area contributed by atoms with Gasteiger partial charge in [0.1, 0.15) is 0 Å². The van der Waals surface area contributed by atoms with E-state index in [0.717, 1.165) is 34.4 Å². The zero-order chi connectivity index (χ0) is 21.5. The van der Waals surface area contributed by atoms with Gasteiger partial charge in [0.05, 0.1) is 16.9 Å². The van der Waals surface area contributed by atoms with Gasteiger partial charge in [0.2, 0.25) is 0 Å². The van der Waals surface area contributed by atoms with Crippen molar-refractivity contribution in [2.75, 3.05) is 11.8 Å². The Kier molecular flexibility index (Phi) is 4.83. The lowest BCUT2D eigenvalue weighted by atomic mass is 10.1. The van der Waals surface area contributed by atoms with Crippen LogP contribution in [0.3, 0.4) is 0 Å². The van der Waals surface area contributed by atoms with E-state index in [1.165, 1.54) is 19.2 Å². The Morgan fingerprint density at radius 2 is 1.77 bits per heavy atom. The van der Waals surface area contributed by atoms with Crippen LogP contribution in [0.15, 0.2) is 65.6 Å². The van der Waals surface area contributed by atoms with Crippen molar-refractivity contribution in [1.29, 1.82) is 0 Å². The van der Waals surface area contributed by atoms with Crippen molar-refractivity contribution in [1.82, 2.24) is 4.57 Å². The molecule has 0 aliphatic rings. The molecule has 0 fully saturated rings. The number of nitro benzene ring substituents is 1. The number of benzene rings is 3. The SMILES string of the molecule is CCn1c2ccccc2c2cc(NS(=O)(=O)c3ccc(OC)c([N+](=O)[O-])c3)ccc21. The van der Waals surface area contributed by atoms with Crippen LogP contribution in [0.5, 0.6) is 5.75 Å². The van der Waals surface area contributed by atoms with Gasteiger partial charge in [0.15, 0.2) is 5.75 Å². The average Bonchev–Trinajstić information content (AvgIpc) is 3.06. The number of nitrogens with one attached hydrogen (secondary N) is 1. The largest absolute Gasteiger partial charge is 0.490 e. The smallest absolute Gasteiger partial charge is 0.312 e. The first-order chi connectivity index (χ1) is 14.4. The summed E-state index contributed by atoms with van der Waals surface area (Å²) in [6, 6.07) is 16.8.